The Labute approximate surface area is 114 Å². The van der Waals surface area contributed by atoms with Crippen molar-refractivity contribution < 1.29 is 16.8 Å². The van der Waals surface area contributed by atoms with E-state index in [1.807, 2.05) is 0 Å². The van der Waals surface area contributed by atoms with Crippen molar-refractivity contribution in [1.82, 2.24) is 4.72 Å². The van der Waals surface area contributed by atoms with E-state index in [-0.39, 0.29) is 4.90 Å². The molecule has 1 unspecified atom stereocenters. The Morgan fingerprint density at radius 1 is 1.11 bits per heavy atom. The van der Waals surface area contributed by atoms with Gasteiger partial charge in [0.1, 0.15) is 0 Å². The van der Waals surface area contributed by atoms with Crippen molar-refractivity contribution in [1.29, 1.82) is 0 Å². The average molecular weight is 306 g/mol. The zero-order valence-corrected chi connectivity index (χ0v) is 12.6. The van der Waals surface area contributed by atoms with Crippen molar-refractivity contribution in [3.63, 3.8) is 0 Å². The standard InChI is InChI=1S/C11H18N2O4S2/c1-8(2)19(16,17)13-9(3)10-5-4-6-11(7-10)18(12,14)15/h4-9,13H,1-3H3,(H2,12,14,15). The highest BCUT2D eigenvalue weighted by molar-refractivity contribution is 7.90. The SMILES string of the molecule is CC(NS(=O)(=O)C(C)C)c1cccc(S(N)(=O)=O)c1. The van der Waals surface area contributed by atoms with E-state index in [0.29, 0.717) is 5.56 Å². The summed E-state index contributed by atoms with van der Waals surface area (Å²) in [5.41, 5.74) is 0.538. The van der Waals surface area contributed by atoms with Crippen LogP contribution < -0.4 is 9.86 Å². The van der Waals surface area contributed by atoms with Crippen LogP contribution in [-0.2, 0) is 20.0 Å². The van der Waals surface area contributed by atoms with Crippen LogP contribution in [0.4, 0.5) is 0 Å². The van der Waals surface area contributed by atoms with Gasteiger partial charge < -0.3 is 0 Å². The lowest BCUT2D eigenvalue weighted by atomic mass is 10.1. The molecule has 0 heterocycles. The van der Waals surface area contributed by atoms with Crippen LogP contribution in [0.2, 0.25) is 0 Å². The third-order valence-corrected chi connectivity index (χ3v) is 5.48. The van der Waals surface area contributed by atoms with E-state index >= 15 is 0 Å². The van der Waals surface area contributed by atoms with E-state index in [1.165, 1.54) is 18.2 Å². The summed E-state index contributed by atoms with van der Waals surface area (Å²) in [6, 6.07) is 5.36. The van der Waals surface area contributed by atoms with Gasteiger partial charge in [0.05, 0.1) is 10.1 Å². The smallest absolute Gasteiger partial charge is 0.225 e. The van der Waals surface area contributed by atoms with E-state index < -0.39 is 31.3 Å². The van der Waals surface area contributed by atoms with E-state index in [4.69, 9.17) is 5.14 Å². The van der Waals surface area contributed by atoms with E-state index in [1.54, 1.807) is 26.8 Å². The number of primary sulfonamides is 1. The summed E-state index contributed by atoms with van der Waals surface area (Å²) in [6.45, 7) is 4.77. The number of hydrogen-bond acceptors (Lipinski definition) is 4. The van der Waals surface area contributed by atoms with Gasteiger partial charge in [0.15, 0.2) is 0 Å². The predicted octanol–water partition coefficient (Wildman–Crippen LogP) is 0.723. The predicted molar refractivity (Wildman–Crippen MR) is 73.4 cm³/mol. The van der Waals surface area contributed by atoms with Crippen molar-refractivity contribution in [2.24, 2.45) is 5.14 Å². The molecule has 0 aliphatic carbocycles. The molecule has 0 fully saturated rings. The summed E-state index contributed by atoms with van der Waals surface area (Å²) < 4.78 is 48.5. The first-order chi connectivity index (χ1) is 8.54. The van der Waals surface area contributed by atoms with Gasteiger partial charge in [0.25, 0.3) is 0 Å². The Kier molecular flexibility index (Phi) is 4.72. The fraction of sp³-hybridized carbons (Fsp3) is 0.455. The van der Waals surface area contributed by atoms with Gasteiger partial charge in [-0.1, -0.05) is 12.1 Å². The van der Waals surface area contributed by atoms with Crippen LogP contribution in [0.25, 0.3) is 0 Å². The van der Waals surface area contributed by atoms with Crippen LogP contribution in [0.15, 0.2) is 29.2 Å². The second-order valence-corrected chi connectivity index (χ2v) is 8.38. The fourth-order valence-corrected chi connectivity index (χ4v) is 2.88. The Bertz CT molecular complexity index is 651. The second-order valence-electron chi connectivity index (χ2n) is 4.55. The van der Waals surface area contributed by atoms with Crippen molar-refractivity contribution in [3.8, 4) is 0 Å². The number of benzene rings is 1. The molecule has 0 aliphatic heterocycles. The first-order valence-electron chi connectivity index (χ1n) is 5.68. The van der Waals surface area contributed by atoms with Crippen LogP contribution in [0.5, 0.6) is 0 Å². The van der Waals surface area contributed by atoms with Gasteiger partial charge in [-0.3, -0.25) is 0 Å². The van der Waals surface area contributed by atoms with Crippen molar-refractivity contribution in [2.45, 2.75) is 37.0 Å². The Hall–Kier alpha value is -0.960. The lowest BCUT2D eigenvalue weighted by molar-refractivity contribution is 0.558. The third kappa shape index (κ3) is 4.27. The van der Waals surface area contributed by atoms with Crippen LogP contribution >= 0.6 is 0 Å². The Balaban J connectivity index is 3.05. The van der Waals surface area contributed by atoms with Gasteiger partial charge in [-0.15, -0.1) is 0 Å². The lowest BCUT2D eigenvalue weighted by Crippen LogP contribution is -2.33. The van der Waals surface area contributed by atoms with Gasteiger partial charge >= 0.3 is 0 Å². The summed E-state index contributed by atoms with van der Waals surface area (Å²) in [7, 11) is -7.22. The van der Waals surface area contributed by atoms with Gasteiger partial charge in [0, 0.05) is 6.04 Å². The molecule has 19 heavy (non-hydrogen) atoms. The molecule has 0 bridgehead atoms. The largest absolute Gasteiger partial charge is 0.238 e. The maximum absolute atomic E-state index is 11.7. The minimum atomic E-state index is -3.80. The molecule has 1 atom stereocenters. The van der Waals surface area contributed by atoms with Gasteiger partial charge in [-0.25, -0.2) is 26.7 Å². The van der Waals surface area contributed by atoms with Gasteiger partial charge in [0.2, 0.25) is 20.0 Å². The zero-order chi connectivity index (χ0) is 14.8. The number of sulfonamides is 2. The summed E-state index contributed by atoms with van der Waals surface area (Å²) >= 11 is 0. The van der Waals surface area contributed by atoms with Crippen LogP contribution in [0.1, 0.15) is 32.4 Å². The second kappa shape index (κ2) is 5.58. The fourth-order valence-electron chi connectivity index (χ4n) is 1.41. The number of nitrogens with two attached hydrogens (primary N) is 1. The molecule has 1 aromatic rings. The summed E-state index contributed by atoms with van der Waals surface area (Å²) in [4.78, 5) is -0.0411. The Morgan fingerprint density at radius 2 is 1.68 bits per heavy atom. The van der Waals surface area contributed by atoms with Crippen molar-refractivity contribution >= 4 is 20.0 Å². The highest BCUT2D eigenvalue weighted by Gasteiger charge is 2.20. The molecular weight excluding hydrogens is 288 g/mol. The van der Waals surface area contributed by atoms with Crippen LogP contribution in [-0.4, -0.2) is 22.1 Å². The molecule has 3 N–H and O–H groups in total. The average Bonchev–Trinajstić information content (AvgIpc) is 2.27. The molecule has 0 saturated carbocycles. The minimum Gasteiger partial charge on any atom is -0.225 e. The van der Waals surface area contributed by atoms with E-state index in [9.17, 15) is 16.8 Å². The summed E-state index contributed by atoms with van der Waals surface area (Å²) in [6.07, 6.45) is 0. The molecule has 0 amide bonds. The molecule has 6 nitrogen and oxygen atoms in total. The van der Waals surface area contributed by atoms with Crippen molar-refractivity contribution in [3.05, 3.63) is 29.8 Å². The molecule has 0 aliphatic rings. The normalized spacial score (nSPS) is 14.6. The van der Waals surface area contributed by atoms with Crippen molar-refractivity contribution in [2.75, 3.05) is 0 Å². The molecule has 0 saturated heterocycles. The quantitative estimate of drug-likeness (QED) is 0.836. The third-order valence-electron chi connectivity index (χ3n) is 2.65. The highest BCUT2D eigenvalue weighted by atomic mass is 32.2. The first kappa shape index (κ1) is 16.1. The molecule has 0 spiro atoms. The first-order valence-corrected chi connectivity index (χ1v) is 8.77. The summed E-state index contributed by atoms with van der Waals surface area (Å²) in [5, 5.41) is 4.48. The number of nitrogens with one attached hydrogen (secondary N) is 1. The molecule has 8 heteroatoms. The van der Waals surface area contributed by atoms with E-state index in [2.05, 4.69) is 4.72 Å². The molecule has 1 rings (SSSR count). The number of hydrogen-bond donors (Lipinski definition) is 2. The minimum absolute atomic E-state index is 0.0411. The highest BCUT2D eigenvalue weighted by Crippen LogP contribution is 2.18. The lowest BCUT2D eigenvalue weighted by Gasteiger charge is -2.17. The topological polar surface area (TPSA) is 106 Å². The van der Waals surface area contributed by atoms with E-state index in [0.717, 1.165) is 0 Å². The number of rotatable bonds is 5. The van der Waals surface area contributed by atoms with Gasteiger partial charge in [-0.2, -0.15) is 0 Å². The summed E-state index contributed by atoms with van der Waals surface area (Å²) in [5.74, 6) is 0. The Morgan fingerprint density at radius 3 is 2.16 bits per heavy atom. The van der Waals surface area contributed by atoms with Gasteiger partial charge in [-0.05, 0) is 38.5 Å². The van der Waals surface area contributed by atoms with Crippen LogP contribution in [0, 0.1) is 0 Å². The zero-order valence-electron chi connectivity index (χ0n) is 11.0. The molecule has 1 aromatic carbocycles. The maximum Gasteiger partial charge on any atom is 0.238 e. The maximum atomic E-state index is 11.7. The molecule has 0 radical (unpaired) electrons. The monoisotopic (exact) mass is 306 g/mol. The molecule has 108 valence electrons. The molecule has 0 aromatic heterocycles. The van der Waals surface area contributed by atoms with Crippen LogP contribution in [0.3, 0.4) is 0 Å². The molecular formula is C11H18N2O4S2.